The number of nitrogen functional groups attached to an aromatic ring is 1. The third-order valence-corrected chi connectivity index (χ3v) is 3.24. The zero-order chi connectivity index (χ0) is 15.4. The van der Waals surface area contributed by atoms with Crippen LogP contribution in [0, 0.1) is 5.82 Å². The fourth-order valence-corrected chi connectivity index (χ4v) is 2.28. The quantitative estimate of drug-likeness (QED) is 0.830. The van der Waals surface area contributed by atoms with Crippen LogP contribution in [0.2, 0.25) is 0 Å². The number of hydrogen-bond acceptors (Lipinski definition) is 3. The van der Waals surface area contributed by atoms with Gasteiger partial charge >= 0.3 is 5.97 Å². The van der Waals surface area contributed by atoms with Crippen molar-refractivity contribution in [1.29, 1.82) is 0 Å². The third kappa shape index (κ3) is 3.58. The van der Waals surface area contributed by atoms with Crippen molar-refractivity contribution in [2.45, 2.75) is 13.1 Å². The third-order valence-electron chi connectivity index (χ3n) is 3.24. The molecule has 0 unspecified atom stereocenters. The van der Waals surface area contributed by atoms with E-state index in [0.717, 1.165) is 0 Å². The first-order valence-electron chi connectivity index (χ1n) is 6.51. The predicted molar refractivity (Wildman–Crippen MR) is 79.4 cm³/mol. The van der Waals surface area contributed by atoms with Crippen LogP contribution >= 0.6 is 0 Å². The molecule has 0 aromatic heterocycles. The molecular formula is C16H17FN2O2. The van der Waals surface area contributed by atoms with Gasteiger partial charge in [-0.05, 0) is 24.7 Å². The number of carboxylic acid groups (broad SMARTS) is 1. The van der Waals surface area contributed by atoms with Crippen LogP contribution < -0.4 is 5.73 Å². The second-order valence-corrected chi connectivity index (χ2v) is 4.95. The number of rotatable bonds is 5. The van der Waals surface area contributed by atoms with Crippen molar-refractivity contribution in [1.82, 2.24) is 4.90 Å². The van der Waals surface area contributed by atoms with Gasteiger partial charge in [-0.1, -0.05) is 30.3 Å². The van der Waals surface area contributed by atoms with Gasteiger partial charge in [0, 0.05) is 24.3 Å². The van der Waals surface area contributed by atoms with Crippen LogP contribution in [0.1, 0.15) is 21.5 Å². The first-order chi connectivity index (χ1) is 9.99. The number of benzene rings is 2. The van der Waals surface area contributed by atoms with E-state index in [-0.39, 0.29) is 17.1 Å². The molecule has 4 nitrogen and oxygen atoms in total. The molecule has 0 saturated heterocycles. The maximum Gasteiger partial charge on any atom is 0.338 e. The van der Waals surface area contributed by atoms with Gasteiger partial charge in [0.05, 0.1) is 5.56 Å². The molecule has 0 heterocycles. The Morgan fingerprint density at radius 1 is 1.14 bits per heavy atom. The lowest BCUT2D eigenvalue weighted by Gasteiger charge is -2.19. The summed E-state index contributed by atoms with van der Waals surface area (Å²) >= 11 is 0. The molecule has 0 bridgehead atoms. The molecule has 0 aliphatic rings. The van der Waals surface area contributed by atoms with Gasteiger partial charge in [0.25, 0.3) is 0 Å². The highest BCUT2D eigenvalue weighted by molar-refractivity contribution is 5.95. The summed E-state index contributed by atoms with van der Waals surface area (Å²) < 4.78 is 13.6. The molecule has 5 heteroatoms. The monoisotopic (exact) mass is 288 g/mol. The van der Waals surface area contributed by atoms with E-state index in [2.05, 4.69) is 0 Å². The second kappa shape index (κ2) is 6.37. The molecule has 0 aliphatic heterocycles. The Morgan fingerprint density at radius 2 is 1.76 bits per heavy atom. The molecule has 0 spiro atoms. The standard InChI is InChI=1S/C16H17FN2O2/c1-19(9-11-5-2-3-7-13(11)17)10-12-6-4-8-14(18)15(12)16(20)21/h2-8H,9-10,18H2,1H3,(H,20,21). The Balaban J connectivity index is 2.17. The van der Waals surface area contributed by atoms with Crippen LogP contribution in [0.3, 0.4) is 0 Å². The molecule has 0 atom stereocenters. The van der Waals surface area contributed by atoms with Gasteiger partial charge in [0.1, 0.15) is 5.82 Å². The molecule has 21 heavy (non-hydrogen) atoms. The number of anilines is 1. The number of nitrogens with zero attached hydrogens (tertiary/aromatic N) is 1. The largest absolute Gasteiger partial charge is 0.478 e. The van der Waals surface area contributed by atoms with Crippen LogP contribution in [0.4, 0.5) is 10.1 Å². The summed E-state index contributed by atoms with van der Waals surface area (Å²) in [5.74, 6) is -1.32. The summed E-state index contributed by atoms with van der Waals surface area (Å²) in [6.45, 7) is 0.765. The molecule has 3 N–H and O–H groups in total. The first-order valence-corrected chi connectivity index (χ1v) is 6.51. The fourth-order valence-electron chi connectivity index (χ4n) is 2.28. The Labute approximate surface area is 122 Å². The van der Waals surface area contributed by atoms with Crippen LogP contribution in [0.5, 0.6) is 0 Å². The summed E-state index contributed by atoms with van der Waals surface area (Å²) in [6, 6.07) is 11.5. The molecule has 0 amide bonds. The fraction of sp³-hybridized carbons (Fsp3) is 0.188. The number of halogens is 1. The molecule has 2 rings (SSSR count). The molecule has 110 valence electrons. The Kier molecular flexibility index (Phi) is 4.55. The summed E-state index contributed by atoms with van der Waals surface area (Å²) in [7, 11) is 1.81. The summed E-state index contributed by atoms with van der Waals surface area (Å²) in [5.41, 5.74) is 7.24. The van der Waals surface area contributed by atoms with E-state index in [1.54, 1.807) is 43.4 Å². The van der Waals surface area contributed by atoms with Gasteiger partial charge in [0.15, 0.2) is 0 Å². The molecule has 0 aliphatic carbocycles. The van der Waals surface area contributed by atoms with E-state index in [4.69, 9.17) is 5.73 Å². The topological polar surface area (TPSA) is 66.6 Å². The lowest BCUT2D eigenvalue weighted by atomic mass is 10.0. The van der Waals surface area contributed by atoms with E-state index in [1.165, 1.54) is 6.07 Å². The number of aromatic carboxylic acids is 1. The van der Waals surface area contributed by atoms with Crippen LogP contribution in [-0.4, -0.2) is 23.0 Å². The van der Waals surface area contributed by atoms with Gasteiger partial charge < -0.3 is 10.8 Å². The van der Waals surface area contributed by atoms with E-state index >= 15 is 0 Å². The van der Waals surface area contributed by atoms with Crippen LogP contribution in [0.15, 0.2) is 42.5 Å². The Bertz CT molecular complexity index is 658. The Morgan fingerprint density at radius 3 is 2.43 bits per heavy atom. The molecular weight excluding hydrogens is 271 g/mol. The number of nitrogens with two attached hydrogens (primary N) is 1. The van der Waals surface area contributed by atoms with Crippen molar-refractivity contribution in [2.24, 2.45) is 0 Å². The maximum atomic E-state index is 13.6. The van der Waals surface area contributed by atoms with E-state index in [0.29, 0.717) is 24.2 Å². The van der Waals surface area contributed by atoms with Gasteiger partial charge in [-0.3, -0.25) is 4.90 Å². The normalized spacial score (nSPS) is 10.8. The summed E-state index contributed by atoms with van der Waals surface area (Å²) in [6.07, 6.45) is 0. The molecule has 2 aromatic rings. The highest BCUT2D eigenvalue weighted by atomic mass is 19.1. The van der Waals surface area contributed by atoms with E-state index < -0.39 is 5.97 Å². The van der Waals surface area contributed by atoms with Crippen molar-refractivity contribution in [2.75, 3.05) is 12.8 Å². The van der Waals surface area contributed by atoms with E-state index in [1.807, 2.05) is 4.90 Å². The van der Waals surface area contributed by atoms with Gasteiger partial charge in [-0.25, -0.2) is 9.18 Å². The van der Waals surface area contributed by atoms with Crippen molar-refractivity contribution < 1.29 is 14.3 Å². The molecule has 2 aromatic carbocycles. The minimum absolute atomic E-state index is 0.109. The molecule has 0 fully saturated rings. The van der Waals surface area contributed by atoms with Crippen molar-refractivity contribution in [3.8, 4) is 0 Å². The highest BCUT2D eigenvalue weighted by Crippen LogP contribution is 2.19. The van der Waals surface area contributed by atoms with Crippen molar-refractivity contribution >= 4 is 11.7 Å². The zero-order valence-corrected chi connectivity index (χ0v) is 11.7. The zero-order valence-electron chi connectivity index (χ0n) is 11.7. The molecule has 0 saturated carbocycles. The lowest BCUT2D eigenvalue weighted by molar-refractivity contribution is 0.0696. The molecule has 0 radical (unpaired) electrons. The van der Waals surface area contributed by atoms with Gasteiger partial charge in [-0.2, -0.15) is 0 Å². The lowest BCUT2D eigenvalue weighted by Crippen LogP contribution is -2.20. The minimum atomic E-state index is -1.05. The summed E-state index contributed by atoms with van der Waals surface area (Å²) in [4.78, 5) is 13.1. The smallest absolute Gasteiger partial charge is 0.338 e. The van der Waals surface area contributed by atoms with Gasteiger partial charge in [-0.15, -0.1) is 0 Å². The van der Waals surface area contributed by atoms with Crippen molar-refractivity contribution in [3.63, 3.8) is 0 Å². The average Bonchev–Trinajstić information content (AvgIpc) is 2.41. The predicted octanol–water partition coefficient (Wildman–Crippen LogP) is 2.74. The van der Waals surface area contributed by atoms with E-state index in [9.17, 15) is 14.3 Å². The van der Waals surface area contributed by atoms with Crippen molar-refractivity contribution in [3.05, 3.63) is 65.0 Å². The van der Waals surface area contributed by atoms with Crippen LogP contribution in [0.25, 0.3) is 0 Å². The first kappa shape index (κ1) is 15.0. The Hall–Kier alpha value is -2.40. The van der Waals surface area contributed by atoms with Crippen LogP contribution in [-0.2, 0) is 13.1 Å². The average molecular weight is 288 g/mol. The highest BCUT2D eigenvalue weighted by Gasteiger charge is 2.15. The van der Waals surface area contributed by atoms with Gasteiger partial charge in [0.2, 0.25) is 0 Å². The maximum absolute atomic E-state index is 13.6. The number of carbonyl (C=O) groups is 1. The second-order valence-electron chi connectivity index (χ2n) is 4.95. The SMILES string of the molecule is CN(Cc1ccccc1F)Cc1cccc(N)c1C(=O)O. The number of carboxylic acids is 1. The number of hydrogen-bond donors (Lipinski definition) is 2. The summed E-state index contributed by atoms with van der Waals surface area (Å²) in [5, 5.41) is 9.23. The minimum Gasteiger partial charge on any atom is -0.478 e.